The summed E-state index contributed by atoms with van der Waals surface area (Å²) in [7, 11) is 3.76. The first-order chi connectivity index (χ1) is 25.6. The van der Waals surface area contributed by atoms with Crippen molar-refractivity contribution in [1.29, 1.82) is 0 Å². The van der Waals surface area contributed by atoms with E-state index in [0.717, 1.165) is 96.7 Å². The van der Waals surface area contributed by atoms with E-state index in [1.807, 2.05) is 24.0 Å². The number of methoxy groups -OCH3 is 1. The first kappa shape index (κ1) is 37.3. The lowest BCUT2D eigenvalue weighted by atomic mass is 9.74. The number of amides is 2. The molecule has 3 aromatic rings. The molecule has 0 spiro atoms. The highest BCUT2D eigenvalue weighted by Gasteiger charge is 2.45. The number of carbonyl (C=O) groups is 2. The van der Waals surface area contributed by atoms with Crippen molar-refractivity contribution in [2.45, 2.75) is 76.5 Å². The molecule has 7 rings (SSSR count). The number of likely N-dealkylation sites (N-methyl/N-ethyl adjacent to an activating group) is 1. The molecule has 1 N–H and O–H groups in total. The van der Waals surface area contributed by atoms with Crippen LogP contribution in [0.2, 0.25) is 5.02 Å². The molecule has 3 aromatic carbocycles. The lowest BCUT2D eigenvalue weighted by molar-refractivity contribution is -0.139. The Morgan fingerprint density at radius 1 is 1.00 bits per heavy atom. The maximum atomic E-state index is 15.0. The zero-order valence-corrected chi connectivity index (χ0v) is 31.6. The Kier molecular flexibility index (Phi) is 11.4. The van der Waals surface area contributed by atoms with Crippen LogP contribution in [0.25, 0.3) is 5.57 Å². The van der Waals surface area contributed by atoms with Crippen LogP contribution in [-0.2, 0) is 22.6 Å². The molecule has 3 fully saturated rings. The van der Waals surface area contributed by atoms with Crippen molar-refractivity contribution in [3.8, 4) is 11.5 Å². The Balaban J connectivity index is 1.13. The second-order valence-corrected chi connectivity index (χ2v) is 15.4. The Morgan fingerprint density at radius 2 is 1.75 bits per heavy atom. The van der Waals surface area contributed by atoms with E-state index in [2.05, 4.69) is 52.5 Å². The number of nitrogens with one attached hydrogen (secondary N) is 1. The minimum atomic E-state index is -0.848. The minimum absolute atomic E-state index is 0.00520. The third-order valence-electron chi connectivity index (χ3n) is 11.4. The fourth-order valence-electron chi connectivity index (χ4n) is 8.20. The number of halogens is 3. The first-order valence-corrected chi connectivity index (χ1v) is 19.2. The van der Waals surface area contributed by atoms with Crippen molar-refractivity contribution < 1.29 is 27.8 Å². The predicted octanol–water partition coefficient (Wildman–Crippen LogP) is 6.81. The number of ether oxygens (including phenoxy) is 2. The Morgan fingerprint density at radius 3 is 2.47 bits per heavy atom. The first-order valence-electron chi connectivity index (χ1n) is 18.9. The highest BCUT2D eigenvalue weighted by Crippen LogP contribution is 2.42. The van der Waals surface area contributed by atoms with Gasteiger partial charge in [-0.3, -0.25) is 9.59 Å². The molecule has 3 aliphatic heterocycles. The normalized spacial score (nSPS) is 21.8. The summed E-state index contributed by atoms with van der Waals surface area (Å²) >= 11 is 5.96. The van der Waals surface area contributed by atoms with Crippen LogP contribution >= 0.6 is 11.6 Å². The van der Waals surface area contributed by atoms with E-state index in [1.165, 1.54) is 0 Å². The number of rotatable bonds is 12. The van der Waals surface area contributed by atoms with Gasteiger partial charge in [-0.1, -0.05) is 48.0 Å². The molecule has 3 atom stereocenters. The second-order valence-electron chi connectivity index (χ2n) is 15.1. The molecule has 53 heavy (non-hydrogen) atoms. The molecule has 3 unspecified atom stereocenters. The fourth-order valence-corrected chi connectivity index (χ4v) is 8.37. The van der Waals surface area contributed by atoms with Crippen LogP contribution in [0.3, 0.4) is 0 Å². The van der Waals surface area contributed by atoms with Crippen molar-refractivity contribution in [3.05, 3.63) is 99.1 Å². The van der Waals surface area contributed by atoms with Gasteiger partial charge in [0.2, 0.25) is 5.91 Å². The lowest BCUT2D eigenvalue weighted by Crippen LogP contribution is -2.56. The van der Waals surface area contributed by atoms with Gasteiger partial charge in [-0.05, 0) is 92.8 Å². The molecule has 0 aromatic heterocycles. The molecule has 0 radical (unpaired) electrons. The summed E-state index contributed by atoms with van der Waals surface area (Å²) in [5.41, 5.74) is 6.04. The molecule has 4 aliphatic rings. The van der Waals surface area contributed by atoms with Crippen molar-refractivity contribution in [2.24, 2.45) is 5.92 Å². The van der Waals surface area contributed by atoms with E-state index in [9.17, 15) is 18.4 Å². The van der Waals surface area contributed by atoms with E-state index < -0.39 is 11.6 Å². The van der Waals surface area contributed by atoms with E-state index in [4.69, 9.17) is 21.1 Å². The molecular weight excluding hydrogens is 698 g/mol. The van der Waals surface area contributed by atoms with Crippen molar-refractivity contribution in [2.75, 3.05) is 46.9 Å². The van der Waals surface area contributed by atoms with E-state index in [1.54, 1.807) is 7.11 Å². The SMILES string of the molecule is COc1cccc(CN(C(=O)C2=C(c3ccc(CCCOc4cc(F)cc(F)c4Cl)cc3)CC3CC(C(=O)N4CCN(C)CC4)CC2N3)C2CC2)c1C. The van der Waals surface area contributed by atoms with Crippen LogP contribution < -0.4 is 14.8 Å². The van der Waals surface area contributed by atoms with Gasteiger partial charge in [0.15, 0.2) is 0 Å². The maximum Gasteiger partial charge on any atom is 0.252 e. The summed E-state index contributed by atoms with van der Waals surface area (Å²) in [4.78, 5) is 35.2. The number of carbonyl (C=O) groups excluding carboxylic acids is 2. The molecule has 8 nitrogen and oxygen atoms in total. The third-order valence-corrected chi connectivity index (χ3v) is 11.7. The van der Waals surface area contributed by atoms with Crippen LogP contribution in [0.1, 0.15) is 60.8 Å². The van der Waals surface area contributed by atoms with Gasteiger partial charge in [0.05, 0.1) is 13.7 Å². The van der Waals surface area contributed by atoms with Crippen molar-refractivity contribution >= 4 is 29.0 Å². The number of piperidine rings is 1. The highest BCUT2D eigenvalue weighted by atomic mass is 35.5. The average Bonchev–Trinajstić information content (AvgIpc) is 4.00. The van der Waals surface area contributed by atoms with Crippen LogP contribution in [0.4, 0.5) is 8.78 Å². The summed E-state index contributed by atoms with van der Waals surface area (Å²) in [5.74, 6) is -0.648. The number of fused-ring (bicyclic) bond motifs is 2. The Labute approximate surface area is 316 Å². The summed E-state index contributed by atoms with van der Waals surface area (Å²) in [6, 6.07) is 16.2. The summed E-state index contributed by atoms with van der Waals surface area (Å²) in [6.07, 6.45) is 5.27. The third kappa shape index (κ3) is 8.40. The molecule has 1 aliphatic carbocycles. The molecule has 2 saturated heterocycles. The van der Waals surface area contributed by atoms with Gasteiger partial charge in [-0.25, -0.2) is 8.78 Å². The molecule has 1 saturated carbocycles. The zero-order chi connectivity index (χ0) is 37.2. The van der Waals surface area contributed by atoms with Gasteiger partial charge in [0.1, 0.15) is 28.2 Å². The highest BCUT2D eigenvalue weighted by molar-refractivity contribution is 6.32. The molecule has 11 heteroatoms. The predicted molar refractivity (Wildman–Crippen MR) is 202 cm³/mol. The summed E-state index contributed by atoms with van der Waals surface area (Å²) in [6.45, 7) is 6.03. The van der Waals surface area contributed by atoms with Gasteiger partial charge < -0.3 is 29.5 Å². The number of hydrogen-bond acceptors (Lipinski definition) is 6. The molecule has 2 amide bonds. The van der Waals surface area contributed by atoms with Gasteiger partial charge >= 0.3 is 0 Å². The topological polar surface area (TPSA) is 74.3 Å². The average molecular weight is 747 g/mol. The molecule has 282 valence electrons. The molecule has 3 heterocycles. The standard InChI is InChI=1S/C42H49ClF2N4O4/c1-26-29(7-4-8-37(26)52-3)25-49(33-13-14-33)42(51)39-34(24-32-20-30(21-36(39)46-32)41(50)48-17-15-47(2)16-18-48)28-11-9-27(10-12-28)6-5-19-53-38-23-31(44)22-35(45)40(38)43/h4,7-12,22-23,30,32-33,36,46H,5-6,13-21,24-25H2,1-3H3. The van der Waals surface area contributed by atoms with Gasteiger partial charge in [0, 0.05) is 74.5 Å². The van der Waals surface area contributed by atoms with E-state index >= 15 is 0 Å². The van der Waals surface area contributed by atoms with Crippen LogP contribution in [0, 0.1) is 24.5 Å². The summed E-state index contributed by atoms with van der Waals surface area (Å²) < 4.78 is 38.7. The van der Waals surface area contributed by atoms with Crippen LogP contribution in [0.5, 0.6) is 11.5 Å². The van der Waals surface area contributed by atoms with Gasteiger partial charge in [-0.15, -0.1) is 0 Å². The Hall–Kier alpha value is -3.99. The molecular formula is C42H49ClF2N4O4. The number of benzene rings is 3. The number of aryl methyl sites for hydroxylation is 1. The van der Waals surface area contributed by atoms with Crippen LogP contribution in [0.15, 0.2) is 60.2 Å². The maximum absolute atomic E-state index is 15.0. The van der Waals surface area contributed by atoms with Gasteiger partial charge in [-0.2, -0.15) is 0 Å². The minimum Gasteiger partial charge on any atom is -0.496 e. The summed E-state index contributed by atoms with van der Waals surface area (Å²) in [5, 5.41) is 3.55. The fraction of sp³-hybridized carbons (Fsp3) is 0.476. The number of piperazine rings is 1. The van der Waals surface area contributed by atoms with Crippen molar-refractivity contribution in [3.63, 3.8) is 0 Å². The van der Waals surface area contributed by atoms with Crippen molar-refractivity contribution in [1.82, 2.24) is 20.0 Å². The number of nitrogens with zero attached hydrogens (tertiary/aromatic N) is 3. The lowest BCUT2D eigenvalue weighted by Gasteiger charge is -2.44. The van der Waals surface area contributed by atoms with E-state index in [0.29, 0.717) is 32.2 Å². The molecule has 2 bridgehead atoms. The monoisotopic (exact) mass is 746 g/mol. The zero-order valence-electron chi connectivity index (χ0n) is 30.8. The smallest absolute Gasteiger partial charge is 0.252 e. The quantitative estimate of drug-likeness (QED) is 0.162. The van der Waals surface area contributed by atoms with Gasteiger partial charge in [0.25, 0.3) is 5.91 Å². The van der Waals surface area contributed by atoms with Crippen LogP contribution in [-0.4, -0.2) is 91.6 Å². The van der Waals surface area contributed by atoms with E-state index in [-0.39, 0.29) is 53.2 Å². The largest absolute Gasteiger partial charge is 0.496 e. The second kappa shape index (κ2) is 16.2. The number of hydrogen-bond donors (Lipinski definition) is 1. The Bertz CT molecular complexity index is 1860.